The molecule has 1 atom stereocenters. The average molecular weight is 564 g/mol. The molecule has 0 bridgehead atoms. The van der Waals surface area contributed by atoms with Gasteiger partial charge in [0.05, 0.1) is 26.1 Å². The second kappa shape index (κ2) is 9.80. The largest absolute Gasteiger partial charge is 0.383 e. The summed E-state index contributed by atoms with van der Waals surface area (Å²) >= 11 is 8.04. The fourth-order valence-electron chi connectivity index (χ4n) is 3.76. The summed E-state index contributed by atoms with van der Waals surface area (Å²) in [5.74, 6) is -0.565. The van der Waals surface area contributed by atoms with Crippen molar-refractivity contribution >= 4 is 70.3 Å². The minimum Gasteiger partial charge on any atom is -0.383 e. The first-order chi connectivity index (χ1) is 16.0. The van der Waals surface area contributed by atoms with Crippen molar-refractivity contribution in [3.63, 3.8) is 0 Å². The Hall–Kier alpha value is -1.61. The van der Waals surface area contributed by atoms with E-state index in [4.69, 9.17) is 16.3 Å². The van der Waals surface area contributed by atoms with Crippen LogP contribution < -0.4 is 4.80 Å². The molecule has 1 unspecified atom stereocenters. The molecule has 1 amide bonds. The summed E-state index contributed by atoms with van der Waals surface area (Å²) in [7, 11) is -5.73. The molecule has 0 radical (unpaired) electrons. The van der Waals surface area contributed by atoms with Gasteiger partial charge in [0.15, 0.2) is 14.6 Å². The number of hydrogen-bond donors (Lipinski definition) is 0. The van der Waals surface area contributed by atoms with E-state index in [1.165, 1.54) is 33.8 Å². The second-order valence-electron chi connectivity index (χ2n) is 7.71. The maximum absolute atomic E-state index is 13.2. The van der Waals surface area contributed by atoms with Crippen LogP contribution in [0.5, 0.6) is 0 Å². The predicted molar refractivity (Wildman–Crippen MR) is 132 cm³/mol. The average Bonchev–Trinajstić information content (AvgIpc) is 3.50. The minimum absolute atomic E-state index is 0.0857. The maximum Gasteiger partial charge on any atom is 0.266 e. The van der Waals surface area contributed by atoms with Gasteiger partial charge in [-0.05, 0) is 43.2 Å². The van der Waals surface area contributed by atoms with Crippen LogP contribution in [-0.2, 0) is 35.9 Å². The van der Waals surface area contributed by atoms with Crippen molar-refractivity contribution in [3.05, 3.63) is 39.5 Å². The molecular formula is C20H22ClN3O6S4. The van der Waals surface area contributed by atoms with Gasteiger partial charge in [-0.3, -0.25) is 4.79 Å². The molecule has 4 rings (SSSR count). The Morgan fingerprint density at radius 3 is 2.62 bits per heavy atom. The van der Waals surface area contributed by atoms with Crippen LogP contribution in [0.4, 0.5) is 0 Å². The summed E-state index contributed by atoms with van der Waals surface area (Å²) in [6.07, 6.45) is 2.03. The zero-order valence-electron chi connectivity index (χ0n) is 18.3. The van der Waals surface area contributed by atoms with Crippen molar-refractivity contribution in [2.45, 2.75) is 34.5 Å². The Balaban J connectivity index is 1.75. The number of methoxy groups -OCH3 is 1. The SMILES string of the molecule is COCCn1c(=NC(=O)C2CCCN2S(=O)(=O)c2ccc(Cl)s2)sc2cc(S(C)(=O)=O)ccc21. The molecule has 1 saturated heterocycles. The van der Waals surface area contributed by atoms with E-state index in [2.05, 4.69) is 4.99 Å². The Morgan fingerprint density at radius 2 is 1.97 bits per heavy atom. The summed E-state index contributed by atoms with van der Waals surface area (Å²) in [5.41, 5.74) is 0.713. The molecule has 14 heteroatoms. The van der Waals surface area contributed by atoms with Crippen molar-refractivity contribution in [1.82, 2.24) is 8.87 Å². The number of hydrogen-bond acceptors (Lipinski definition) is 8. The molecule has 184 valence electrons. The zero-order valence-corrected chi connectivity index (χ0v) is 22.3. The van der Waals surface area contributed by atoms with Crippen LogP contribution in [0.15, 0.2) is 44.4 Å². The fraction of sp³-hybridized carbons (Fsp3) is 0.400. The molecule has 0 saturated carbocycles. The first-order valence-electron chi connectivity index (χ1n) is 10.2. The molecular weight excluding hydrogens is 542 g/mol. The number of amides is 1. The van der Waals surface area contributed by atoms with Crippen molar-refractivity contribution in [3.8, 4) is 0 Å². The minimum atomic E-state index is -3.88. The fourth-order valence-corrected chi connectivity index (χ4v) is 8.85. The highest BCUT2D eigenvalue weighted by atomic mass is 35.5. The van der Waals surface area contributed by atoms with Crippen molar-refractivity contribution in [2.24, 2.45) is 4.99 Å². The number of aromatic nitrogens is 1. The molecule has 0 spiro atoms. The number of thiazole rings is 1. The van der Waals surface area contributed by atoms with Crippen molar-refractivity contribution in [1.29, 1.82) is 0 Å². The van der Waals surface area contributed by atoms with Crippen LogP contribution in [-0.4, -0.2) is 64.2 Å². The highest BCUT2D eigenvalue weighted by Gasteiger charge is 2.40. The number of nitrogens with zero attached hydrogens (tertiary/aromatic N) is 3. The molecule has 3 aromatic rings. The van der Waals surface area contributed by atoms with Gasteiger partial charge < -0.3 is 9.30 Å². The number of fused-ring (bicyclic) bond motifs is 1. The van der Waals surface area contributed by atoms with Gasteiger partial charge in [0.25, 0.3) is 15.9 Å². The third-order valence-electron chi connectivity index (χ3n) is 5.41. The Labute approximate surface area is 210 Å². The van der Waals surface area contributed by atoms with Gasteiger partial charge in [0.2, 0.25) is 0 Å². The molecule has 3 heterocycles. The lowest BCUT2D eigenvalue weighted by molar-refractivity contribution is -0.121. The summed E-state index contributed by atoms with van der Waals surface area (Å²) in [5, 5.41) is 0. The number of carbonyl (C=O) groups is 1. The van der Waals surface area contributed by atoms with E-state index < -0.39 is 31.8 Å². The van der Waals surface area contributed by atoms with Crippen LogP contribution in [0.25, 0.3) is 10.2 Å². The van der Waals surface area contributed by atoms with E-state index >= 15 is 0 Å². The van der Waals surface area contributed by atoms with E-state index in [1.807, 2.05) is 0 Å². The molecule has 1 aliphatic rings. The molecule has 0 N–H and O–H groups in total. The summed E-state index contributed by atoms with van der Waals surface area (Å²) in [6, 6.07) is 6.76. The van der Waals surface area contributed by atoms with E-state index in [1.54, 1.807) is 23.8 Å². The van der Waals surface area contributed by atoms with Crippen LogP contribution in [0.1, 0.15) is 12.8 Å². The molecule has 34 heavy (non-hydrogen) atoms. The second-order valence-corrected chi connectivity index (χ2v) is 14.6. The highest BCUT2D eigenvalue weighted by molar-refractivity contribution is 7.91. The number of carbonyl (C=O) groups excluding carboxylic acids is 1. The quantitative estimate of drug-likeness (QED) is 0.436. The van der Waals surface area contributed by atoms with Crippen LogP contribution in [0.2, 0.25) is 4.34 Å². The molecule has 1 aliphatic heterocycles. The van der Waals surface area contributed by atoms with Crippen LogP contribution in [0, 0.1) is 0 Å². The molecule has 1 aromatic carbocycles. The Kier molecular flexibility index (Phi) is 7.34. The van der Waals surface area contributed by atoms with Crippen LogP contribution >= 0.6 is 34.3 Å². The highest BCUT2D eigenvalue weighted by Crippen LogP contribution is 2.32. The standard InChI is InChI=1S/C20H22ClN3O6S4/c1-30-11-10-23-14-6-5-13(33(2,26)27)12-16(14)31-20(23)22-19(25)15-4-3-9-24(15)34(28,29)18-8-7-17(21)32-18/h5-8,12,15H,3-4,9-11H2,1-2H3. The first-order valence-corrected chi connectivity index (χ1v) is 15.5. The number of sulfone groups is 1. The molecule has 0 aliphatic carbocycles. The Morgan fingerprint density at radius 1 is 1.21 bits per heavy atom. The van der Waals surface area contributed by atoms with Crippen molar-refractivity contribution in [2.75, 3.05) is 26.5 Å². The summed E-state index contributed by atoms with van der Waals surface area (Å²) in [4.78, 5) is 18.0. The third kappa shape index (κ3) is 5.01. The topological polar surface area (TPSA) is 115 Å². The van der Waals surface area contributed by atoms with Crippen LogP contribution in [0.3, 0.4) is 0 Å². The third-order valence-corrected chi connectivity index (χ3v) is 11.2. The number of sulfonamides is 1. The number of rotatable bonds is 7. The maximum atomic E-state index is 13.2. The molecule has 1 fully saturated rings. The summed E-state index contributed by atoms with van der Waals surface area (Å²) < 4.78 is 59.4. The lowest BCUT2D eigenvalue weighted by atomic mass is 10.2. The van der Waals surface area contributed by atoms with E-state index in [0.717, 1.165) is 17.6 Å². The van der Waals surface area contributed by atoms with E-state index in [-0.39, 0.29) is 15.6 Å². The van der Waals surface area contributed by atoms with Gasteiger partial charge in [0, 0.05) is 26.5 Å². The zero-order chi connectivity index (χ0) is 24.7. The van der Waals surface area contributed by atoms with Gasteiger partial charge in [-0.1, -0.05) is 22.9 Å². The number of thiophene rings is 1. The monoisotopic (exact) mass is 563 g/mol. The van der Waals surface area contributed by atoms with E-state index in [0.29, 0.717) is 45.3 Å². The lowest BCUT2D eigenvalue weighted by Gasteiger charge is -2.20. The Bertz CT molecular complexity index is 1520. The smallest absolute Gasteiger partial charge is 0.266 e. The normalized spacial score (nSPS) is 18.2. The van der Waals surface area contributed by atoms with E-state index in [9.17, 15) is 21.6 Å². The number of halogens is 1. The summed E-state index contributed by atoms with van der Waals surface area (Å²) in [6.45, 7) is 0.961. The van der Waals surface area contributed by atoms with Crippen molar-refractivity contribution < 1.29 is 26.4 Å². The number of ether oxygens (including phenoxy) is 1. The lowest BCUT2D eigenvalue weighted by Crippen LogP contribution is -2.40. The van der Waals surface area contributed by atoms with Gasteiger partial charge in [0.1, 0.15) is 10.3 Å². The molecule has 9 nitrogen and oxygen atoms in total. The number of benzene rings is 1. The van der Waals surface area contributed by atoms with Gasteiger partial charge in [-0.25, -0.2) is 16.8 Å². The molecule has 2 aromatic heterocycles. The van der Waals surface area contributed by atoms with Gasteiger partial charge in [-0.2, -0.15) is 9.30 Å². The first kappa shape index (κ1) is 25.5. The predicted octanol–water partition coefficient (Wildman–Crippen LogP) is 2.75. The van der Waals surface area contributed by atoms with Gasteiger partial charge >= 0.3 is 0 Å². The van der Waals surface area contributed by atoms with Gasteiger partial charge in [-0.15, -0.1) is 11.3 Å².